The molecule has 1 rings (SSSR count). The van der Waals surface area contributed by atoms with E-state index >= 15 is 0 Å². The molecule has 2 heteroatoms. The van der Waals surface area contributed by atoms with Crippen LogP contribution >= 0.6 is 0 Å². The van der Waals surface area contributed by atoms with Crippen molar-refractivity contribution in [3.8, 4) is 0 Å². The summed E-state index contributed by atoms with van der Waals surface area (Å²) in [5, 5.41) is 8.69. The van der Waals surface area contributed by atoms with Gasteiger partial charge in [-0.15, -0.1) is 13.2 Å². The summed E-state index contributed by atoms with van der Waals surface area (Å²) in [6.07, 6.45) is 2.58. The van der Waals surface area contributed by atoms with E-state index in [1.165, 1.54) is 0 Å². The van der Waals surface area contributed by atoms with E-state index in [-0.39, 0.29) is 0 Å². The van der Waals surface area contributed by atoms with E-state index in [0.717, 1.165) is 25.9 Å². The zero-order valence-corrected chi connectivity index (χ0v) is 7.68. The molecule has 0 radical (unpaired) electrons. The van der Waals surface area contributed by atoms with Crippen molar-refractivity contribution in [1.82, 2.24) is 0 Å². The van der Waals surface area contributed by atoms with E-state index in [2.05, 4.69) is 13.2 Å². The maximum atomic E-state index is 8.69. The van der Waals surface area contributed by atoms with Crippen LogP contribution in [0.25, 0.3) is 0 Å². The van der Waals surface area contributed by atoms with Crippen molar-refractivity contribution in [1.29, 1.82) is 0 Å². The van der Waals surface area contributed by atoms with Crippen molar-refractivity contribution >= 4 is 0 Å². The Hall–Kier alpha value is -0.340. The van der Waals surface area contributed by atoms with E-state index in [0.29, 0.717) is 0 Å². The number of ether oxygens (including phenoxy) is 1. The van der Waals surface area contributed by atoms with Gasteiger partial charge in [0, 0.05) is 6.61 Å². The minimum atomic E-state index is -0.464. The Kier molecular flexibility index (Phi) is 14.9. The Labute approximate surface area is 69.9 Å². The van der Waals surface area contributed by atoms with E-state index in [4.69, 9.17) is 9.84 Å². The summed E-state index contributed by atoms with van der Waals surface area (Å²) < 4.78 is 4.83. The summed E-state index contributed by atoms with van der Waals surface area (Å²) in [6.45, 7) is 10.7. The molecule has 2 nitrogen and oxygen atoms in total. The third-order valence-electron chi connectivity index (χ3n) is 1.16. The highest BCUT2D eigenvalue weighted by atomic mass is 16.6. The van der Waals surface area contributed by atoms with Gasteiger partial charge in [0.15, 0.2) is 6.29 Å². The van der Waals surface area contributed by atoms with Gasteiger partial charge in [0.2, 0.25) is 0 Å². The Bertz CT molecular complexity index is 58.6. The second-order valence-corrected chi connectivity index (χ2v) is 1.82. The molecule has 0 aromatic heterocycles. The largest absolute Gasteiger partial charge is 0.368 e. The first-order valence-electron chi connectivity index (χ1n) is 4.19. The Morgan fingerprint density at radius 1 is 1.27 bits per heavy atom. The fourth-order valence-corrected chi connectivity index (χ4v) is 0.724. The molecule has 1 N–H and O–H groups in total. The van der Waals surface area contributed by atoms with E-state index in [9.17, 15) is 0 Å². The molecule has 0 unspecified atom stereocenters. The van der Waals surface area contributed by atoms with Crippen molar-refractivity contribution < 1.29 is 9.84 Å². The monoisotopic (exact) mass is 160 g/mol. The molecule has 1 atom stereocenters. The quantitative estimate of drug-likeness (QED) is 0.551. The second kappa shape index (κ2) is 12.3. The van der Waals surface area contributed by atoms with Crippen molar-refractivity contribution in [2.75, 3.05) is 6.61 Å². The number of hydrogen-bond acceptors (Lipinski definition) is 2. The van der Waals surface area contributed by atoms with Gasteiger partial charge in [-0.25, -0.2) is 0 Å². The minimum Gasteiger partial charge on any atom is -0.368 e. The number of aliphatic hydroxyl groups is 1. The minimum absolute atomic E-state index is 0.464. The highest BCUT2D eigenvalue weighted by Gasteiger charge is 2.07. The van der Waals surface area contributed by atoms with Crippen molar-refractivity contribution in [2.24, 2.45) is 0 Å². The molecule has 0 aliphatic carbocycles. The third-order valence-corrected chi connectivity index (χ3v) is 1.16. The first kappa shape index (κ1) is 13.3. The normalized spacial score (nSPS) is 21.9. The lowest BCUT2D eigenvalue weighted by Gasteiger charge is -2.16. The number of aliphatic hydroxyl groups excluding tert-OH is 1. The van der Waals surface area contributed by atoms with Gasteiger partial charge in [0.1, 0.15) is 0 Å². The van der Waals surface area contributed by atoms with Crippen LogP contribution in [0.4, 0.5) is 0 Å². The van der Waals surface area contributed by atoms with Crippen LogP contribution in [0, 0.1) is 0 Å². The van der Waals surface area contributed by atoms with E-state index in [1.807, 2.05) is 13.8 Å². The van der Waals surface area contributed by atoms with E-state index < -0.39 is 6.29 Å². The van der Waals surface area contributed by atoms with Gasteiger partial charge in [-0.05, 0) is 19.3 Å². The zero-order valence-electron chi connectivity index (χ0n) is 7.68. The summed E-state index contributed by atoms with van der Waals surface area (Å²) >= 11 is 0. The Balaban J connectivity index is 0. The predicted octanol–water partition coefficient (Wildman–Crippen LogP) is 2.33. The molecular weight excluding hydrogens is 140 g/mol. The first-order chi connectivity index (χ1) is 5.39. The molecule has 1 aliphatic heterocycles. The molecular formula is C9H20O2. The molecule has 1 saturated heterocycles. The van der Waals surface area contributed by atoms with Gasteiger partial charge in [-0.1, -0.05) is 13.8 Å². The average Bonchev–Trinajstić information content (AvgIpc) is 2.13. The Morgan fingerprint density at radius 3 is 2.00 bits per heavy atom. The fraction of sp³-hybridized carbons (Fsp3) is 0.778. The molecule has 1 heterocycles. The van der Waals surface area contributed by atoms with Crippen LogP contribution in [0.3, 0.4) is 0 Å². The highest BCUT2D eigenvalue weighted by Crippen LogP contribution is 2.08. The van der Waals surface area contributed by atoms with E-state index in [1.54, 1.807) is 0 Å². The molecule has 0 saturated carbocycles. The topological polar surface area (TPSA) is 29.5 Å². The van der Waals surface area contributed by atoms with Gasteiger partial charge >= 0.3 is 0 Å². The predicted molar refractivity (Wildman–Crippen MR) is 48.4 cm³/mol. The molecule has 0 aromatic rings. The van der Waals surface area contributed by atoms with Gasteiger partial charge < -0.3 is 9.84 Å². The lowest BCUT2D eigenvalue weighted by Crippen LogP contribution is -2.17. The maximum Gasteiger partial charge on any atom is 0.154 e. The molecule has 0 spiro atoms. The fourth-order valence-electron chi connectivity index (χ4n) is 0.724. The van der Waals surface area contributed by atoms with Gasteiger partial charge in [-0.2, -0.15) is 0 Å². The van der Waals surface area contributed by atoms with Gasteiger partial charge in [0.05, 0.1) is 0 Å². The summed E-state index contributed by atoms with van der Waals surface area (Å²) in [7, 11) is 0. The smallest absolute Gasteiger partial charge is 0.154 e. The maximum absolute atomic E-state index is 8.69. The van der Waals surface area contributed by atoms with Gasteiger partial charge in [-0.3, -0.25) is 0 Å². The Morgan fingerprint density at radius 2 is 1.82 bits per heavy atom. The molecule has 11 heavy (non-hydrogen) atoms. The molecule has 1 fully saturated rings. The lowest BCUT2D eigenvalue weighted by molar-refractivity contribution is -0.123. The van der Waals surface area contributed by atoms with Crippen LogP contribution in [-0.4, -0.2) is 18.0 Å². The first-order valence-corrected chi connectivity index (χ1v) is 4.19. The van der Waals surface area contributed by atoms with Crippen LogP contribution in [0.1, 0.15) is 33.1 Å². The summed E-state index contributed by atoms with van der Waals surface area (Å²) in [5.41, 5.74) is 0. The highest BCUT2D eigenvalue weighted by molar-refractivity contribution is 4.50. The molecule has 0 bridgehead atoms. The lowest BCUT2D eigenvalue weighted by atomic mass is 10.2. The summed E-state index contributed by atoms with van der Waals surface area (Å²) in [6, 6.07) is 0. The van der Waals surface area contributed by atoms with Crippen LogP contribution in [0.2, 0.25) is 0 Å². The van der Waals surface area contributed by atoms with Crippen LogP contribution in [0.15, 0.2) is 13.2 Å². The van der Waals surface area contributed by atoms with Gasteiger partial charge in [0.25, 0.3) is 0 Å². The summed E-state index contributed by atoms with van der Waals surface area (Å²) in [4.78, 5) is 0. The third kappa shape index (κ3) is 9.66. The average molecular weight is 160 g/mol. The SMILES string of the molecule is C=C.CC.O[C@H]1CCCCO1. The number of rotatable bonds is 0. The number of hydrogen-bond donors (Lipinski definition) is 1. The van der Waals surface area contributed by atoms with Crippen LogP contribution in [-0.2, 0) is 4.74 Å². The molecule has 0 amide bonds. The molecule has 0 aromatic carbocycles. The second-order valence-electron chi connectivity index (χ2n) is 1.82. The zero-order chi connectivity index (χ0) is 9.11. The summed E-state index contributed by atoms with van der Waals surface area (Å²) in [5.74, 6) is 0. The van der Waals surface area contributed by atoms with Crippen LogP contribution in [0.5, 0.6) is 0 Å². The van der Waals surface area contributed by atoms with Crippen molar-refractivity contribution in [3.05, 3.63) is 13.2 Å². The van der Waals surface area contributed by atoms with Crippen molar-refractivity contribution in [2.45, 2.75) is 39.4 Å². The molecule has 1 aliphatic rings. The molecule has 68 valence electrons. The van der Waals surface area contributed by atoms with Crippen molar-refractivity contribution in [3.63, 3.8) is 0 Å². The standard InChI is InChI=1S/C5H10O2.C2H6.C2H4/c6-5-3-1-2-4-7-5;2*1-2/h5-6H,1-4H2;1-2H3;1-2H2/t5-;;/m1../s1. The van der Waals surface area contributed by atoms with Crippen LogP contribution < -0.4 is 0 Å².